The minimum atomic E-state index is -2.72. The van der Waals surface area contributed by atoms with E-state index < -0.39 is 29.0 Å². The van der Waals surface area contributed by atoms with E-state index in [1.54, 1.807) is 16.8 Å². The number of aldehydes is 1. The first-order valence-corrected chi connectivity index (χ1v) is 6.37. The van der Waals surface area contributed by atoms with Gasteiger partial charge in [-0.3, -0.25) is 25.0 Å². The number of imide groups is 2. The molecule has 0 aliphatic carbocycles. The molecule has 0 aromatic heterocycles. The zero-order chi connectivity index (χ0) is 16.0. The van der Waals surface area contributed by atoms with Crippen LogP contribution in [0.2, 0.25) is 0 Å². The Kier molecular flexibility index (Phi) is 5.37. The number of allylic oxidation sites excluding steroid dienone is 2. The van der Waals surface area contributed by atoms with Gasteiger partial charge in [-0.15, -0.1) is 0 Å². The summed E-state index contributed by atoms with van der Waals surface area (Å²) >= 11 is 0. The fourth-order valence-electron chi connectivity index (χ4n) is 1.73. The third kappa shape index (κ3) is 3.34. The van der Waals surface area contributed by atoms with Crippen LogP contribution in [-0.4, -0.2) is 52.8 Å². The average molecular weight is 295 g/mol. The molecule has 0 unspecified atom stereocenters. The minimum absolute atomic E-state index is 0.196. The van der Waals surface area contributed by atoms with Crippen LogP contribution in [0, 0.1) is 0 Å². The minimum Gasteiger partial charge on any atom is -0.378 e. The van der Waals surface area contributed by atoms with Gasteiger partial charge in [-0.05, 0) is 26.1 Å². The van der Waals surface area contributed by atoms with Crippen molar-refractivity contribution in [2.75, 3.05) is 13.1 Å². The molecule has 0 aromatic carbocycles. The number of rotatable bonds is 6. The fourth-order valence-corrected chi connectivity index (χ4v) is 1.73. The molecule has 114 valence electrons. The summed E-state index contributed by atoms with van der Waals surface area (Å²) in [7, 11) is 0. The van der Waals surface area contributed by atoms with Gasteiger partial charge in [0.1, 0.15) is 6.29 Å². The summed E-state index contributed by atoms with van der Waals surface area (Å²) in [5.41, 5.74) is -3.18. The molecule has 8 nitrogen and oxygen atoms in total. The highest BCUT2D eigenvalue weighted by atomic mass is 16.3. The van der Waals surface area contributed by atoms with Crippen molar-refractivity contribution in [1.29, 1.82) is 0 Å². The molecule has 0 spiro atoms. The Balaban J connectivity index is 3.07. The molecule has 0 atom stereocenters. The number of barbiturate groups is 1. The summed E-state index contributed by atoms with van der Waals surface area (Å²) < 4.78 is 0. The van der Waals surface area contributed by atoms with Gasteiger partial charge in [-0.2, -0.15) is 0 Å². The third-order valence-corrected chi connectivity index (χ3v) is 3.04. The maximum atomic E-state index is 11.7. The zero-order valence-corrected chi connectivity index (χ0v) is 11.8. The number of nitrogens with zero attached hydrogens (tertiary/aromatic N) is 1. The molecule has 1 aliphatic rings. The number of nitrogens with one attached hydrogen (secondary N) is 2. The van der Waals surface area contributed by atoms with E-state index in [-0.39, 0.29) is 6.29 Å². The molecule has 1 fully saturated rings. The fraction of sp³-hybridized carbons (Fsp3) is 0.385. The highest BCUT2D eigenvalue weighted by Gasteiger charge is 2.51. The summed E-state index contributed by atoms with van der Waals surface area (Å²) in [6.45, 7) is 5.33. The zero-order valence-electron chi connectivity index (χ0n) is 11.8. The summed E-state index contributed by atoms with van der Waals surface area (Å²) in [4.78, 5) is 47.3. The highest BCUT2D eigenvalue weighted by Crippen LogP contribution is 2.18. The molecule has 0 radical (unpaired) electrons. The van der Waals surface area contributed by atoms with E-state index >= 15 is 0 Å². The first-order valence-electron chi connectivity index (χ1n) is 6.37. The molecule has 8 heteroatoms. The molecule has 1 aliphatic heterocycles. The molecule has 4 amide bonds. The van der Waals surface area contributed by atoms with Gasteiger partial charge in [0.2, 0.25) is 0 Å². The Hall–Kier alpha value is -2.48. The first kappa shape index (κ1) is 16.6. The van der Waals surface area contributed by atoms with E-state index in [4.69, 9.17) is 0 Å². The number of carbonyl (C=O) groups excluding carboxylic acids is 4. The van der Waals surface area contributed by atoms with Crippen LogP contribution in [-0.2, 0) is 14.4 Å². The molecule has 1 rings (SSSR count). The SMILES string of the molecule is CCN(/C=C/C=C(\C=O)C1(O)C(=O)NC(=O)NC1=O)CC. The topological polar surface area (TPSA) is 116 Å². The average Bonchev–Trinajstić information content (AvgIpc) is 2.45. The lowest BCUT2D eigenvalue weighted by atomic mass is 9.90. The van der Waals surface area contributed by atoms with Gasteiger partial charge in [-0.1, -0.05) is 6.08 Å². The van der Waals surface area contributed by atoms with Crippen LogP contribution in [0.5, 0.6) is 0 Å². The smallest absolute Gasteiger partial charge is 0.328 e. The van der Waals surface area contributed by atoms with Crippen LogP contribution in [0.25, 0.3) is 0 Å². The van der Waals surface area contributed by atoms with Crippen LogP contribution in [0.3, 0.4) is 0 Å². The monoisotopic (exact) mass is 295 g/mol. The Morgan fingerprint density at radius 2 is 1.71 bits per heavy atom. The van der Waals surface area contributed by atoms with Crippen LogP contribution in [0.1, 0.15) is 13.8 Å². The lowest BCUT2D eigenvalue weighted by molar-refractivity contribution is -0.151. The van der Waals surface area contributed by atoms with Crippen molar-refractivity contribution in [2.45, 2.75) is 19.4 Å². The third-order valence-electron chi connectivity index (χ3n) is 3.04. The Morgan fingerprint density at radius 3 is 2.14 bits per heavy atom. The molecule has 1 saturated heterocycles. The lowest BCUT2D eigenvalue weighted by Crippen LogP contribution is -2.67. The second-order valence-corrected chi connectivity index (χ2v) is 4.25. The standard InChI is InChI=1S/C13H17N3O5/c1-3-16(4-2)7-5-6-9(8-17)13(21)10(18)14-12(20)15-11(13)19/h5-8,21H,3-4H2,1-2H3,(H2,14,15,18,19,20)/b7-5+,9-6+. The van der Waals surface area contributed by atoms with Gasteiger partial charge in [-0.25, -0.2) is 4.79 Å². The summed E-state index contributed by atoms with van der Waals surface area (Å²) in [6.07, 6.45) is 4.43. The maximum absolute atomic E-state index is 11.7. The van der Waals surface area contributed by atoms with Gasteiger partial charge < -0.3 is 10.0 Å². The van der Waals surface area contributed by atoms with E-state index in [0.29, 0.717) is 0 Å². The summed E-state index contributed by atoms with van der Waals surface area (Å²) in [6, 6.07) is -1.04. The van der Waals surface area contributed by atoms with Crippen molar-refractivity contribution in [2.24, 2.45) is 0 Å². The number of aliphatic hydroxyl groups is 1. The van der Waals surface area contributed by atoms with E-state index in [9.17, 15) is 24.3 Å². The Bertz CT molecular complexity index is 500. The Morgan fingerprint density at radius 1 is 1.19 bits per heavy atom. The van der Waals surface area contributed by atoms with Gasteiger partial charge in [0.15, 0.2) is 0 Å². The number of hydrogen-bond acceptors (Lipinski definition) is 6. The van der Waals surface area contributed by atoms with E-state index in [2.05, 4.69) is 0 Å². The van der Waals surface area contributed by atoms with Gasteiger partial charge in [0.25, 0.3) is 17.4 Å². The number of hydrogen-bond donors (Lipinski definition) is 3. The molecule has 0 aromatic rings. The Labute approximate surface area is 121 Å². The van der Waals surface area contributed by atoms with Crippen molar-refractivity contribution in [3.05, 3.63) is 23.9 Å². The maximum Gasteiger partial charge on any atom is 0.328 e. The van der Waals surface area contributed by atoms with E-state index in [1.165, 1.54) is 6.08 Å². The number of amides is 4. The van der Waals surface area contributed by atoms with Gasteiger partial charge >= 0.3 is 6.03 Å². The molecule has 1 heterocycles. The number of carbonyl (C=O) groups is 4. The predicted molar refractivity (Wildman–Crippen MR) is 72.8 cm³/mol. The molecular formula is C13H17N3O5. The molecule has 0 saturated carbocycles. The van der Waals surface area contributed by atoms with Crippen LogP contribution >= 0.6 is 0 Å². The van der Waals surface area contributed by atoms with Crippen molar-refractivity contribution < 1.29 is 24.3 Å². The second-order valence-electron chi connectivity index (χ2n) is 4.25. The largest absolute Gasteiger partial charge is 0.378 e. The molecule has 21 heavy (non-hydrogen) atoms. The molecule has 0 bridgehead atoms. The van der Waals surface area contributed by atoms with Gasteiger partial charge in [0.05, 0.1) is 0 Å². The van der Waals surface area contributed by atoms with Gasteiger partial charge in [0, 0.05) is 18.7 Å². The summed E-state index contributed by atoms with van der Waals surface area (Å²) in [5.74, 6) is -2.52. The van der Waals surface area contributed by atoms with E-state index in [1.807, 2.05) is 18.7 Å². The van der Waals surface area contributed by atoms with Crippen molar-refractivity contribution in [1.82, 2.24) is 15.5 Å². The van der Waals surface area contributed by atoms with Crippen LogP contribution in [0.4, 0.5) is 4.79 Å². The molecular weight excluding hydrogens is 278 g/mol. The lowest BCUT2D eigenvalue weighted by Gasteiger charge is -2.28. The quantitative estimate of drug-likeness (QED) is 0.252. The number of urea groups is 1. The normalized spacial score (nSPS) is 18.4. The first-order chi connectivity index (χ1) is 9.89. The van der Waals surface area contributed by atoms with Crippen molar-refractivity contribution >= 4 is 24.1 Å². The summed E-state index contributed by atoms with van der Waals surface area (Å²) in [5, 5.41) is 13.6. The predicted octanol–water partition coefficient (Wildman–Crippen LogP) is -0.936. The van der Waals surface area contributed by atoms with Crippen molar-refractivity contribution in [3.63, 3.8) is 0 Å². The van der Waals surface area contributed by atoms with Crippen LogP contribution < -0.4 is 10.6 Å². The van der Waals surface area contributed by atoms with E-state index in [0.717, 1.165) is 19.2 Å². The van der Waals surface area contributed by atoms with Crippen LogP contribution in [0.15, 0.2) is 23.9 Å². The highest BCUT2D eigenvalue weighted by molar-refractivity contribution is 6.25. The molecule has 3 N–H and O–H groups in total. The van der Waals surface area contributed by atoms with Crippen molar-refractivity contribution in [3.8, 4) is 0 Å². The second kappa shape index (κ2) is 6.80.